The molecular formula is C15H28N2O4. The molecule has 0 amide bonds. The third-order valence-electron chi connectivity index (χ3n) is 4.34. The van der Waals surface area contributed by atoms with Gasteiger partial charge >= 0.3 is 5.97 Å². The van der Waals surface area contributed by atoms with E-state index in [1.807, 2.05) is 0 Å². The van der Waals surface area contributed by atoms with E-state index in [1.54, 1.807) is 0 Å². The molecule has 0 aliphatic carbocycles. The van der Waals surface area contributed by atoms with Crippen LogP contribution in [0.15, 0.2) is 0 Å². The number of morpholine rings is 1. The van der Waals surface area contributed by atoms with Crippen molar-refractivity contribution in [1.82, 2.24) is 9.80 Å². The second kappa shape index (κ2) is 8.68. The standard InChI is InChI=1S/C15H28N2O4/c1-2-16-8-10-21-14(11-16)12-17-6-3-13(4-7-17)20-9-5-15(18)19/h13-14H,2-12H2,1H3,(H,18,19). The molecule has 0 radical (unpaired) electrons. The molecule has 1 unspecified atom stereocenters. The summed E-state index contributed by atoms with van der Waals surface area (Å²) in [6.45, 7) is 9.58. The van der Waals surface area contributed by atoms with Crippen LogP contribution in [0.25, 0.3) is 0 Å². The first-order valence-corrected chi connectivity index (χ1v) is 8.07. The minimum Gasteiger partial charge on any atom is -0.481 e. The van der Waals surface area contributed by atoms with Gasteiger partial charge in [0, 0.05) is 32.7 Å². The van der Waals surface area contributed by atoms with Gasteiger partial charge in [0.25, 0.3) is 0 Å². The van der Waals surface area contributed by atoms with Gasteiger partial charge in [-0.05, 0) is 19.4 Å². The highest BCUT2D eigenvalue weighted by atomic mass is 16.5. The summed E-state index contributed by atoms with van der Waals surface area (Å²) >= 11 is 0. The van der Waals surface area contributed by atoms with Crippen LogP contribution in [-0.4, -0.2) is 85.6 Å². The highest BCUT2D eigenvalue weighted by molar-refractivity contribution is 5.66. The molecule has 0 aromatic rings. The minimum absolute atomic E-state index is 0.100. The van der Waals surface area contributed by atoms with E-state index in [9.17, 15) is 4.79 Å². The topological polar surface area (TPSA) is 62.2 Å². The highest BCUT2D eigenvalue weighted by Crippen LogP contribution is 2.16. The molecule has 6 nitrogen and oxygen atoms in total. The van der Waals surface area contributed by atoms with Crippen LogP contribution in [0, 0.1) is 0 Å². The van der Waals surface area contributed by atoms with Crippen molar-refractivity contribution in [3.05, 3.63) is 0 Å². The smallest absolute Gasteiger partial charge is 0.305 e. The maximum absolute atomic E-state index is 10.5. The normalized spacial score (nSPS) is 26.0. The number of hydrogen-bond acceptors (Lipinski definition) is 5. The Labute approximate surface area is 127 Å². The zero-order chi connectivity index (χ0) is 15.1. The van der Waals surface area contributed by atoms with Crippen molar-refractivity contribution in [3.63, 3.8) is 0 Å². The van der Waals surface area contributed by atoms with Crippen LogP contribution in [0.5, 0.6) is 0 Å². The number of piperidine rings is 1. The molecule has 21 heavy (non-hydrogen) atoms. The van der Waals surface area contributed by atoms with Gasteiger partial charge in [0.15, 0.2) is 0 Å². The predicted octanol–water partition coefficient (Wildman–Crippen LogP) is 0.663. The lowest BCUT2D eigenvalue weighted by Crippen LogP contribution is -2.49. The highest BCUT2D eigenvalue weighted by Gasteiger charge is 2.25. The van der Waals surface area contributed by atoms with Gasteiger partial charge in [-0.3, -0.25) is 9.69 Å². The van der Waals surface area contributed by atoms with Crippen molar-refractivity contribution < 1.29 is 19.4 Å². The van der Waals surface area contributed by atoms with Gasteiger partial charge in [-0.25, -0.2) is 0 Å². The number of hydrogen-bond donors (Lipinski definition) is 1. The molecule has 2 heterocycles. The van der Waals surface area contributed by atoms with Gasteiger partial charge < -0.3 is 19.5 Å². The maximum atomic E-state index is 10.5. The van der Waals surface area contributed by atoms with Crippen molar-refractivity contribution in [2.45, 2.75) is 38.4 Å². The molecule has 0 aromatic heterocycles. The van der Waals surface area contributed by atoms with E-state index in [0.717, 1.165) is 58.7 Å². The van der Waals surface area contributed by atoms with Gasteiger partial charge in [0.1, 0.15) is 0 Å². The Morgan fingerprint density at radius 2 is 2.05 bits per heavy atom. The van der Waals surface area contributed by atoms with Gasteiger partial charge in [-0.2, -0.15) is 0 Å². The number of rotatable bonds is 7. The molecular weight excluding hydrogens is 272 g/mol. The summed E-state index contributed by atoms with van der Waals surface area (Å²) in [5, 5.41) is 8.60. The number of likely N-dealkylation sites (tertiary alicyclic amines) is 1. The Morgan fingerprint density at radius 1 is 1.29 bits per heavy atom. The second-order valence-electron chi connectivity index (χ2n) is 5.90. The van der Waals surface area contributed by atoms with Crippen LogP contribution >= 0.6 is 0 Å². The third-order valence-corrected chi connectivity index (χ3v) is 4.34. The van der Waals surface area contributed by atoms with Gasteiger partial charge in [0.05, 0.1) is 31.8 Å². The summed E-state index contributed by atoms with van der Waals surface area (Å²) in [4.78, 5) is 15.3. The Hall–Kier alpha value is -0.690. The summed E-state index contributed by atoms with van der Waals surface area (Å²) < 4.78 is 11.5. The predicted molar refractivity (Wildman–Crippen MR) is 79.5 cm³/mol. The molecule has 0 bridgehead atoms. The first-order valence-electron chi connectivity index (χ1n) is 8.07. The lowest BCUT2D eigenvalue weighted by molar-refractivity contribution is -0.139. The lowest BCUT2D eigenvalue weighted by atomic mass is 10.1. The third kappa shape index (κ3) is 5.90. The van der Waals surface area contributed by atoms with Crippen LogP contribution in [0.2, 0.25) is 0 Å². The van der Waals surface area contributed by atoms with Crippen LogP contribution in [0.4, 0.5) is 0 Å². The van der Waals surface area contributed by atoms with E-state index in [-0.39, 0.29) is 12.5 Å². The molecule has 0 aromatic carbocycles. The van der Waals surface area contributed by atoms with Crippen molar-refractivity contribution in [2.24, 2.45) is 0 Å². The molecule has 1 N–H and O–H groups in total. The second-order valence-corrected chi connectivity index (χ2v) is 5.90. The number of carboxylic acid groups (broad SMARTS) is 1. The van der Waals surface area contributed by atoms with Crippen molar-refractivity contribution in [1.29, 1.82) is 0 Å². The average Bonchev–Trinajstić information content (AvgIpc) is 2.49. The summed E-state index contributed by atoms with van der Waals surface area (Å²) in [6, 6.07) is 0. The van der Waals surface area contributed by atoms with Crippen LogP contribution in [-0.2, 0) is 14.3 Å². The monoisotopic (exact) mass is 300 g/mol. The van der Waals surface area contributed by atoms with Crippen molar-refractivity contribution in [3.8, 4) is 0 Å². The fourth-order valence-electron chi connectivity index (χ4n) is 3.04. The Bertz CT molecular complexity index is 319. The minimum atomic E-state index is -0.789. The molecule has 2 fully saturated rings. The molecule has 122 valence electrons. The Balaban J connectivity index is 1.61. The molecule has 2 rings (SSSR count). The molecule has 0 saturated carbocycles. The van der Waals surface area contributed by atoms with Crippen LogP contribution in [0.3, 0.4) is 0 Å². The average molecular weight is 300 g/mol. The molecule has 6 heteroatoms. The molecule has 0 spiro atoms. The first-order chi connectivity index (χ1) is 10.2. The summed E-state index contributed by atoms with van der Waals surface area (Å²) in [5.41, 5.74) is 0. The number of carboxylic acids is 1. The fraction of sp³-hybridized carbons (Fsp3) is 0.933. The number of nitrogens with zero attached hydrogens (tertiary/aromatic N) is 2. The zero-order valence-electron chi connectivity index (χ0n) is 13.0. The van der Waals surface area contributed by atoms with Gasteiger partial charge in [0.2, 0.25) is 0 Å². The van der Waals surface area contributed by atoms with E-state index in [4.69, 9.17) is 14.6 Å². The van der Waals surface area contributed by atoms with Crippen molar-refractivity contribution in [2.75, 3.05) is 52.5 Å². The van der Waals surface area contributed by atoms with Crippen molar-refractivity contribution >= 4 is 5.97 Å². The SMILES string of the molecule is CCN1CCOC(CN2CCC(OCCC(=O)O)CC2)C1. The lowest BCUT2D eigenvalue weighted by Gasteiger charge is -2.37. The van der Waals surface area contributed by atoms with Crippen LogP contribution in [0.1, 0.15) is 26.2 Å². The zero-order valence-corrected chi connectivity index (χ0v) is 13.0. The largest absolute Gasteiger partial charge is 0.481 e. The van der Waals surface area contributed by atoms with Crippen LogP contribution < -0.4 is 0 Å². The number of likely N-dealkylation sites (N-methyl/N-ethyl adjacent to an activating group) is 1. The molecule has 2 aliphatic rings. The number of aliphatic carboxylic acids is 1. The molecule has 1 atom stereocenters. The van der Waals surface area contributed by atoms with E-state index in [2.05, 4.69) is 16.7 Å². The van der Waals surface area contributed by atoms with E-state index in [0.29, 0.717) is 12.7 Å². The summed E-state index contributed by atoms with van der Waals surface area (Å²) in [6.07, 6.45) is 2.62. The summed E-state index contributed by atoms with van der Waals surface area (Å²) in [5.74, 6) is -0.789. The number of carbonyl (C=O) groups is 1. The quantitative estimate of drug-likeness (QED) is 0.745. The molecule has 2 aliphatic heterocycles. The summed E-state index contributed by atoms with van der Waals surface area (Å²) in [7, 11) is 0. The Morgan fingerprint density at radius 3 is 2.71 bits per heavy atom. The van der Waals surface area contributed by atoms with E-state index < -0.39 is 5.97 Å². The first kappa shape index (κ1) is 16.7. The molecule has 2 saturated heterocycles. The van der Waals surface area contributed by atoms with E-state index >= 15 is 0 Å². The maximum Gasteiger partial charge on any atom is 0.305 e. The Kier molecular flexibility index (Phi) is 6.89. The number of ether oxygens (including phenoxy) is 2. The van der Waals surface area contributed by atoms with E-state index in [1.165, 1.54) is 0 Å². The fourth-order valence-corrected chi connectivity index (χ4v) is 3.04. The van der Waals surface area contributed by atoms with Gasteiger partial charge in [-0.15, -0.1) is 0 Å². The van der Waals surface area contributed by atoms with Gasteiger partial charge in [-0.1, -0.05) is 6.92 Å².